The normalized spacial score (nSPS) is 12.2. The summed E-state index contributed by atoms with van der Waals surface area (Å²) in [6, 6.07) is 15.7. The summed E-state index contributed by atoms with van der Waals surface area (Å²) in [6.07, 6.45) is 0.410. The molecule has 2 aromatic rings. The van der Waals surface area contributed by atoms with Crippen molar-refractivity contribution in [1.29, 1.82) is 0 Å². The molecule has 3 N–H and O–H groups in total. The zero-order chi connectivity index (χ0) is 21.7. The van der Waals surface area contributed by atoms with Crippen molar-refractivity contribution >= 4 is 10.1 Å². The molecule has 1 atom stereocenters. The van der Waals surface area contributed by atoms with Gasteiger partial charge in [0, 0.05) is 19.7 Å². The first-order valence-corrected chi connectivity index (χ1v) is 10.8. The SMILES string of the molecule is COCCc1ccc(OCC(O)CNC(C)C)cc1.O=S(=O)(O)c1ccccc1. The fourth-order valence-corrected chi connectivity index (χ4v) is 2.69. The zero-order valence-electron chi connectivity index (χ0n) is 17.1. The van der Waals surface area contributed by atoms with E-state index in [-0.39, 0.29) is 4.90 Å². The van der Waals surface area contributed by atoms with Crippen LogP contribution >= 0.6 is 0 Å². The van der Waals surface area contributed by atoms with Gasteiger partial charge in [0.15, 0.2) is 0 Å². The first-order chi connectivity index (χ1) is 13.7. The molecule has 162 valence electrons. The average molecular weight is 426 g/mol. The largest absolute Gasteiger partial charge is 0.491 e. The van der Waals surface area contributed by atoms with Crippen LogP contribution in [-0.2, 0) is 21.3 Å². The lowest BCUT2D eigenvalue weighted by atomic mass is 10.1. The molecular weight excluding hydrogens is 394 g/mol. The number of aliphatic hydroxyl groups excluding tert-OH is 1. The van der Waals surface area contributed by atoms with E-state index in [1.54, 1.807) is 25.3 Å². The average Bonchev–Trinajstić information content (AvgIpc) is 2.70. The predicted octanol–water partition coefficient (Wildman–Crippen LogP) is 2.55. The molecule has 29 heavy (non-hydrogen) atoms. The van der Waals surface area contributed by atoms with Crippen LogP contribution in [0.5, 0.6) is 5.75 Å². The van der Waals surface area contributed by atoms with Crippen molar-refractivity contribution in [2.24, 2.45) is 0 Å². The minimum Gasteiger partial charge on any atom is -0.491 e. The number of aliphatic hydroxyl groups is 1. The van der Waals surface area contributed by atoms with Gasteiger partial charge in [-0.15, -0.1) is 0 Å². The standard InChI is InChI=1S/C15H25NO3.C6H6O3S/c1-12(2)16-10-14(17)11-19-15-6-4-13(5-7-15)8-9-18-3;7-10(8,9)6-4-2-1-3-5-6/h4-7,12,14,16-17H,8-11H2,1-3H3;1-5H,(H,7,8,9). The van der Waals surface area contributed by atoms with Crippen LogP contribution < -0.4 is 10.1 Å². The van der Waals surface area contributed by atoms with Crippen molar-refractivity contribution in [2.45, 2.75) is 37.3 Å². The first kappa shape index (κ1) is 25.1. The van der Waals surface area contributed by atoms with Crippen LogP contribution in [0.15, 0.2) is 59.5 Å². The minimum atomic E-state index is -4.00. The molecule has 0 bridgehead atoms. The van der Waals surface area contributed by atoms with Crippen molar-refractivity contribution in [1.82, 2.24) is 5.32 Å². The van der Waals surface area contributed by atoms with Crippen LogP contribution in [0.2, 0.25) is 0 Å². The van der Waals surface area contributed by atoms with Gasteiger partial charge in [-0.3, -0.25) is 4.55 Å². The molecule has 8 heteroatoms. The van der Waals surface area contributed by atoms with Gasteiger partial charge in [-0.1, -0.05) is 44.2 Å². The second-order valence-electron chi connectivity index (χ2n) is 6.70. The van der Waals surface area contributed by atoms with Gasteiger partial charge in [0.25, 0.3) is 10.1 Å². The van der Waals surface area contributed by atoms with E-state index >= 15 is 0 Å². The molecule has 0 fully saturated rings. The Morgan fingerprint density at radius 1 is 1.03 bits per heavy atom. The van der Waals surface area contributed by atoms with Gasteiger partial charge in [0.05, 0.1) is 11.5 Å². The highest BCUT2D eigenvalue weighted by atomic mass is 32.2. The Bertz CT molecular complexity index is 779. The molecule has 2 aromatic carbocycles. The topological polar surface area (TPSA) is 105 Å². The number of nitrogens with one attached hydrogen (secondary N) is 1. The molecule has 0 saturated carbocycles. The van der Waals surface area contributed by atoms with E-state index in [0.717, 1.165) is 18.8 Å². The Labute approximate surface area is 173 Å². The van der Waals surface area contributed by atoms with Crippen molar-refractivity contribution < 1.29 is 27.6 Å². The third kappa shape index (κ3) is 11.6. The highest BCUT2D eigenvalue weighted by Crippen LogP contribution is 2.13. The maximum atomic E-state index is 10.4. The predicted molar refractivity (Wildman–Crippen MR) is 113 cm³/mol. The molecule has 1 unspecified atom stereocenters. The monoisotopic (exact) mass is 425 g/mol. The Morgan fingerprint density at radius 3 is 2.14 bits per heavy atom. The van der Waals surface area contributed by atoms with E-state index in [9.17, 15) is 13.5 Å². The van der Waals surface area contributed by atoms with Crippen molar-refractivity contribution in [2.75, 3.05) is 26.9 Å². The van der Waals surface area contributed by atoms with E-state index in [4.69, 9.17) is 14.0 Å². The Balaban J connectivity index is 0.000000352. The first-order valence-electron chi connectivity index (χ1n) is 9.37. The number of ether oxygens (including phenoxy) is 2. The van der Waals surface area contributed by atoms with E-state index in [1.807, 2.05) is 38.1 Å². The summed E-state index contributed by atoms with van der Waals surface area (Å²) in [5.74, 6) is 0.782. The Morgan fingerprint density at radius 2 is 1.66 bits per heavy atom. The molecule has 0 spiro atoms. The lowest BCUT2D eigenvalue weighted by molar-refractivity contribution is 0.104. The molecule has 2 rings (SSSR count). The molecule has 0 aliphatic heterocycles. The minimum absolute atomic E-state index is 0.0741. The summed E-state index contributed by atoms with van der Waals surface area (Å²) in [5.41, 5.74) is 1.22. The number of hydrogen-bond donors (Lipinski definition) is 3. The fraction of sp³-hybridized carbons (Fsp3) is 0.429. The highest BCUT2D eigenvalue weighted by Gasteiger charge is 2.06. The number of hydrogen-bond acceptors (Lipinski definition) is 6. The van der Waals surface area contributed by atoms with E-state index in [1.165, 1.54) is 17.7 Å². The highest BCUT2D eigenvalue weighted by molar-refractivity contribution is 7.85. The van der Waals surface area contributed by atoms with Gasteiger partial charge < -0.3 is 19.9 Å². The Hall–Kier alpha value is -1.97. The molecule has 0 aromatic heterocycles. The summed E-state index contributed by atoms with van der Waals surface area (Å²) in [5, 5.41) is 12.9. The molecular formula is C21H31NO6S. The van der Waals surface area contributed by atoms with E-state index in [0.29, 0.717) is 19.2 Å². The lowest BCUT2D eigenvalue weighted by Crippen LogP contribution is -2.35. The molecule has 0 amide bonds. The summed E-state index contributed by atoms with van der Waals surface area (Å²) >= 11 is 0. The van der Waals surface area contributed by atoms with Gasteiger partial charge in [0.1, 0.15) is 18.5 Å². The van der Waals surface area contributed by atoms with Gasteiger partial charge >= 0.3 is 0 Å². The van der Waals surface area contributed by atoms with Crippen LogP contribution in [0.3, 0.4) is 0 Å². The second kappa shape index (κ2) is 13.3. The maximum Gasteiger partial charge on any atom is 0.294 e. The second-order valence-corrected chi connectivity index (χ2v) is 8.12. The molecule has 0 heterocycles. The summed E-state index contributed by atoms with van der Waals surface area (Å²) in [7, 11) is -2.30. The third-order valence-corrected chi connectivity index (χ3v) is 4.63. The number of benzene rings is 2. The number of methoxy groups -OCH3 is 1. The van der Waals surface area contributed by atoms with Crippen LogP contribution in [0.4, 0.5) is 0 Å². The zero-order valence-corrected chi connectivity index (χ0v) is 17.9. The van der Waals surface area contributed by atoms with Crippen LogP contribution in [0.1, 0.15) is 19.4 Å². The van der Waals surface area contributed by atoms with Crippen molar-refractivity contribution in [3.63, 3.8) is 0 Å². The summed E-state index contributed by atoms with van der Waals surface area (Å²) < 4.78 is 39.8. The molecule has 0 saturated heterocycles. The van der Waals surface area contributed by atoms with Crippen molar-refractivity contribution in [3.05, 3.63) is 60.2 Å². The summed E-state index contributed by atoms with van der Waals surface area (Å²) in [6.45, 7) is 5.67. The summed E-state index contributed by atoms with van der Waals surface area (Å²) in [4.78, 5) is -0.0741. The van der Waals surface area contributed by atoms with Crippen LogP contribution in [0.25, 0.3) is 0 Å². The van der Waals surface area contributed by atoms with E-state index in [2.05, 4.69) is 5.32 Å². The maximum absolute atomic E-state index is 10.4. The molecule has 7 nitrogen and oxygen atoms in total. The number of rotatable bonds is 10. The molecule has 0 radical (unpaired) electrons. The third-order valence-electron chi connectivity index (χ3n) is 3.76. The lowest BCUT2D eigenvalue weighted by Gasteiger charge is -2.15. The van der Waals surface area contributed by atoms with Crippen LogP contribution in [-0.4, -0.2) is 57.1 Å². The van der Waals surface area contributed by atoms with Gasteiger partial charge in [-0.25, -0.2) is 0 Å². The van der Waals surface area contributed by atoms with E-state index < -0.39 is 16.2 Å². The molecule has 0 aliphatic carbocycles. The van der Waals surface area contributed by atoms with Crippen molar-refractivity contribution in [3.8, 4) is 5.75 Å². The van der Waals surface area contributed by atoms with Crippen LogP contribution in [0, 0.1) is 0 Å². The fourth-order valence-electron chi connectivity index (χ4n) is 2.19. The smallest absolute Gasteiger partial charge is 0.294 e. The molecule has 0 aliphatic rings. The van der Waals surface area contributed by atoms with Gasteiger partial charge in [0.2, 0.25) is 0 Å². The quantitative estimate of drug-likeness (QED) is 0.503. The Kier molecular flexibility index (Phi) is 11.5. The van der Waals surface area contributed by atoms with Gasteiger partial charge in [-0.2, -0.15) is 8.42 Å². The van der Waals surface area contributed by atoms with Gasteiger partial charge in [-0.05, 0) is 36.2 Å².